The SMILES string of the molecule is OB(O)c1cc(-c2ccccc2)cc(N(c2ccc(-c3ccccc3)cc2)c2ccc(-c3cccc4ccccc34)c(-c3ccccc3)c2)c1. The van der Waals surface area contributed by atoms with Crippen molar-refractivity contribution < 1.29 is 10.0 Å². The summed E-state index contributed by atoms with van der Waals surface area (Å²) in [7, 11) is -1.63. The van der Waals surface area contributed by atoms with Gasteiger partial charge in [-0.2, -0.15) is 0 Å². The van der Waals surface area contributed by atoms with Gasteiger partial charge >= 0.3 is 7.12 Å². The van der Waals surface area contributed by atoms with Crippen molar-refractivity contribution in [3.05, 3.63) is 194 Å². The lowest BCUT2D eigenvalue weighted by molar-refractivity contribution is 0.426. The molecule has 3 nitrogen and oxygen atoms in total. The second-order valence-electron chi connectivity index (χ2n) is 12.4. The van der Waals surface area contributed by atoms with Crippen molar-refractivity contribution in [1.82, 2.24) is 0 Å². The van der Waals surface area contributed by atoms with Crippen LogP contribution in [-0.4, -0.2) is 17.2 Å². The van der Waals surface area contributed by atoms with Crippen molar-refractivity contribution in [2.45, 2.75) is 0 Å². The Morgan fingerprint density at radius 3 is 1.58 bits per heavy atom. The monoisotopic (exact) mass is 643 g/mol. The standard InChI is InChI=1S/C46H34BNO2/c49-47(50)39-29-38(34-15-6-2-7-16-34)30-42(31-39)48(40-25-23-35(24-26-40)33-13-4-1-5-14-33)41-27-28-45(46(32-41)37-17-8-3-9-18-37)44-22-12-20-36-19-10-11-21-43(36)44/h1-32,49-50H. The highest BCUT2D eigenvalue weighted by molar-refractivity contribution is 6.59. The minimum atomic E-state index is -1.63. The smallest absolute Gasteiger partial charge is 0.423 e. The second-order valence-corrected chi connectivity index (χ2v) is 12.4. The summed E-state index contributed by atoms with van der Waals surface area (Å²) in [6.07, 6.45) is 0. The predicted molar refractivity (Wildman–Crippen MR) is 210 cm³/mol. The lowest BCUT2D eigenvalue weighted by Gasteiger charge is -2.28. The van der Waals surface area contributed by atoms with Gasteiger partial charge in [-0.05, 0) is 97.1 Å². The number of fused-ring (bicyclic) bond motifs is 1. The van der Waals surface area contributed by atoms with Crippen molar-refractivity contribution in [2.24, 2.45) is 0 Å². The molecule has 2 N–H and O–H groups in total. The van der Waals surface area contributed by atoms with E-state index in [1.54, 1.807) is 0 Å². The van der Waals surface area contributed by atoms with Crippen LogP contribution in [-0.2, 0) is 0 Å². The third-order valence-electron chi connectivity index (χ3n) is 9.26. The molecule has 8 rings (SSSR count). The summed E-state index contributed by atoms with van der Waals surface area (Å²) in [6.45, 7) is 0. The molecule has 8 aromatic carbocycles. The van der Waals surface area contributed by atoms with Gasteiger partial charge in [-0.25, -0.2) is 0 Å². The number of hydrogen-bond acceptors (Lipinski definition) is 3. The summed E-state index contributed by atoms with van der Waals surface area (Å²) in [5, 5.41) is 23.4. The second kappa shape index (κ2) is 13.7. The number of hydrogen-bond donors (Lipinski definition) is 2. The molecule has 0 atom stereocenters. The van der Waals surface area contributed by atoms with Crippen LogP contribution in [0.3, 0.4) is 0 Å². The number of anilines is 3. The quantitative estimate of drug-likeness (QED) is 0.162. The van der Waals surface area contributed by atoms with E-state index in [1.165, 1.54) is 16.3 Å². The molecule has 0 radical (unpaired) electrons. The molecule has 0 aliphatic carbocycles. The maximum atomic E-state index is 10.5. The minimum Gasteiger partial charge on any atom is -0.423 e. The van der Waals surface area contributed by atoms with Crippen LogP contribution in [0.15, 0.2) is 194 Å². The lowest BCUT2D eigenvalue weighted by Crippen LogP contribution is -2.30. The summed E-state index contributed by atoms with van der Waals surface area (Å²) in [5.74, 6) is 0. The topological polar surface area (TPSA) is 43.7 Å². The molecule has 0 fully saturated rings. The maximum absolute atomic E-state index is 10.5. The van der Waals surface area contributed by atoms with Gasteiger partial charge in [0, 0.05) is 17.1 Å². The molecule has 0 bridgehead atoms. The molecule has 0 saturated carbocycles. The van der Waals surface area contributed by atoms with Gasteiger partial charge < -0.3 is 14.9 Å². The third kappa shape index (κ3) is 6.22. The van der Waals surface area contributed by atoms with Crippen molar-refractivity contribution in [1.29, 1.82) is 0 Å². The van der Waals surface area contributed by atoms with Crippen molar-refractivity contribution in [2.75, 3.05) is 4.90 Å². The van der Waals surface area contributed by atoms with E-state index in [1.807, 2.05) is 54.6 Å². The Labute approximate surface area is 293 Å². The molecule has 0 aromatic heterocycles. The average Bonchev–Trinajstić information content (AvgIpc) is 3.19. The first-order chi connectivity index (χ1) is 24.6. The van der Waals surface area contributed by atoms with Gasteiger partial charge in [-0.1, -0.05) is 158 Å². The first-order valence-electron chi connectivity index (χ1n) is 16.8. The van der Waals surface area contributed by atoms with Crippen molar-refractivity contribution >= 4 is 40.4 Å². The summed E-state index contributed by atoms with van der Waals surface area (Å²) >= 11 is 0. The number of rotatable bonds is 8. The highest BCUT2D eigenvalue weighted by Crippen LogP contribution is 2.43. The Morgan fingerprint density at radius 1 is 0.340 bits per heavy atom. The van der Waals surface area contributed by atoms with Crippen LogP contribution >= 0.6 is 0 Å². The van der Waals surface area contributed by atoms with Gasteiger partial charge in [-0.15, -0.1) is 0 Å². The summed E-state index contributed by atoms with van der Waals surface area (Å²) in [4.78, 5) is 2.20. The largest absolute Gasteiger partial charge is 0.488 e. The van der Waals surface area contributed by atoms with Crippen LogP contribution in [0.5, 0.6) is 0 Å². The van der Waals surface area contributed by atoms with E-state index in [0.29, 0.717) is 5.46 Å². The Morgan fingerprint density at radius 2 is 0.900 bits per heavy atom. The molecular weight excluding hydrogens is 609 g/mol. The summed E-state index contributed by atoms with van der Waals surface area (Å²) in [5.41, 5.74) is 11.8. The fraction of sp³-hybridized carbons (Fsp3) is 0. The zero-order valence-electron chi connectivity index (χ0n) is 27.4. The maximum Gasteiger partial charge on any atom is 0.488 e. The van der Waals surface area contributed by atoms with Gasteiger partial charge in [0.2, 0.25) is 0 Å². The van der Waals surface area contributed by atoms with E-state index >= 15 is 0 Å². The normalized spacial score (nSPS) is 11.0. The van der Waals surface area contributed by atoms with Gasteiger partial charge in [0.15, 0.2) is 0 Å². The Bertz CT molecular complexity index is 2390. The Balaban J connectivity index is 1.36. The molecule has 50 heavy (non-hydrogen) atoms. The fourth-order valence-electron chi connectivity index (χ4n) is 6.81. The molecule has 4 heteroatoms. The van der Waals surface area contributed by atoms with E-state index < -0.39 is 7.12 Å². The van der Waals surface area contributed by atoms with E-state index in [2.05, 4.69) is 144 Å². The first-order valence-corrected chi connectivity index (χ1v) is 16.8. The molecule has 0 unspecified atom stereocenters. The zero-order chi connectivity index (χ0) is 33.9. The third-order valence-corrected chi connectivity index (χ3v) is 9.26. The number of benzene rings is 8. The Kier molecular flexibility index (Phi) is 8.54. The zero-order valence-corrected chi connectivity index (χ0v) is 27.4. The molecule has 0 aliphatic heterocycles. The van der Waals surface area contributed by atoms with E-state index in [-0.39, 0.29) is 0 Å². The minimum absolute atomic E-state index is 0.419. The van der Waals surface area contributed by atoms with E-state index in [0.717, 1.165) is 56.0 Å². The van der Waals surface area contributed by atoms with Gasteiger partial charge in [0.1, 0.15) is 0 Å². The highest BCUT2D eigenvalue weighted by atomic mass is 16.4. The number of nitrogens with zero attached hydrogens (tertiary/aromatic N) is 1. The molecular formula is C46H34BNO2. The average molecular weight is 644 g/mol. The lowest BCUT2D eigenvalue weighted by atomic mass is 9.78. The van der Waals surface area contributed by atoms with Crippen LogP contribution in [0.25, 0.3) is 55.3 Å². The summed E-state index contributed by atoms with van der Waals surface area (Å²) < 4.78 is 0. The summed E-state index contributed by atoms with van der Waals surface area (Å²) in [6, 6.07) is 66.9. The van der Waals surface area contributed by atoms with Crippen LogP contribution < -0.4 is 10.4 Å². The van der Waals surface area contributed by atoms with Crippen LogP contribution in [0.4, 0.5) is 17.1 Å². The molecule has 238 valence electrons. The predicted octanol–water partition coefficient (Wildman–Crippen LogP) is 10.7. The first kappa shape index (κ1) is 31.1. The van der Waals surface area contributed by atoms with Gasteiger partial charge in [0.25, 0.3) is 0 Å². The molecule has 0 heterocycles. The molecule has 8 aromatic rings. The van der Waals surface area contributed by atoms with Crippen LogP contribution in [0.2, 0.25) is 0 Å². The highest BCUT2D eigenvalue weighted by Gasteiger charge is 2.21. The van der Waals surface area contributed by atoms with Crippen LogP contribution in [0.1, 0.15) is 0 Å². The molecule has 0 spiro atoms. The van der Waals surface area contributed by atoms with Crippen LogP contribution in [0, 0.1) is 0 Å². The molecule has 0 amide bonds. The molecule has 0 aliphatic rings. The van der Waals surface area contributed by atoms with Crippen molar-refractivity contribution in [3.8, 4) is 44.5 Å². The van der Waals surface area contributed by atoms with Crippen molar-refractivity contribution in [3.63, 3.8) is 0 Å². The van der Waals surface area contributed by atoms with E-state index in [9.17, 15) is 10.0 Å². The van der Waals surface area contributed by atoms with Gasteiger partial charge in [0.05, 0.1) is 0 Å². The molecule has 0 saturated heterocycles. The Hall–Kier alpha value is -6.20. The van der Waals surface area contributed by atoms with Gasteiger partial charge in [-0.3, -0.25) is 0 Å². The fourth-order valence-corrected chi connectivity index (χ4v) is 6.81. The van der Waals surface area contributed by atoms with E-state index in [4.69, 9.17) is 0 Å².